The Hall–Kier alpha value is -1.76. The van der Waals surface area contributed by atoms with Gasteiger partial charge >= 0.3 is 6.18 Å². The summed E-state index contributed by atoms with van der Waals surface area (Å²) in [5.74, 6) is -0.365. The second-order valence-electron chi connectivity index (χ2n) is 5.30. The molecule has 1 aliphatic carbocycles. The number of hydrogen-bond donors (Lipinski definition) is 1. The van der Waals surface area contributed by atoms with Crippen LogP contribution in [-0.2, 0) is 4.79 Å². The maximum atomic E-state index is 12.5. The fourth-order valence-electron chi connectivity index (χ4n) is 2.11. The summed E-state index contributed by atoms with van der Waals surface area (Å²) in [6, 6.07) is 6.49. The number of carbonyl (C=O) groups is 1. The Morgan fingerprint density at radius 1 is 1.29 bits per heavy atom. The number of halogens is 3. The second kappa shape index (κ2) is 5.93. The molecule has 1 amide bonds. The Kier molecular flexibility index (Phi) is 4.41. The number of rotatable bonds is 5. The lowest BCUT2D eigenvalue weighted by molar-refractivity contribution is -0.149. The van der Waals surface area contributed by atoms with Gasteiger partial charge in [-0.05, 0) is 37.1 Å². The van der Waals surface area contributed by atoms with Gasteiger partial charge in [-0.15, -0.1) is 0 Å². The zero-order valence-corrected chi connectivity index (χ0v) is 11.7. The molecular formula is C14H18F3N3O. The maximum absolute atomic E-state index is 12.5. The molecule has 4 nitrogen and oxygen atoms in total. The quantitative estimate of drug-likeness (QED) is 0.849. The molecular weight excluding hydrogens is 283 g/mol. The summed E-state index contributed by atoms with van der Waals surface area (Å²) in [5, 5.41) is 0. The predicted octanol–water partition coefficient (Wildman–Crippen LogP) is 2.26. The summed E-state index contributed by atoms with van der Waals surface area (Å²) < 4.78 is 37.6. The zero-order chi connectivity index (χ0) is 15.6. The molecule has 0 aromatic heterocycles. The van der Waals surface area contributed by atoms with Crippen molar-refractivity contribution in [3.63, 3.8) is 0 Å². The topological polar surface area (TPSA) is 49.6 Å². The van der Waals surface area contributed by atoms with Crippen LogP contribution >= 0.6 is 0 Å². The Bertz CT molecular complexity index is 497. The van der Waals surface area contributed by atoms with Gasteiger partial charge in [-0.3, -0.25) is 9.69 Å². The normalized spacial score (nSPS) is 15.3. The number of amides is 1. The van der Waals surface area contributed by atoms with Crippen LogP contribution in [0.4, 0.5) is 24.5 Å². The maximum Gasteiger partial charge on any atom is 0.401 e. The van der Waals surface area contributed by atoms with E-state index in [2.05, 4.69) is 0 Å². The molecule has 1 aromatic rings. The van der Waals surface area contributed by atoms with E-state index >= 15 is 0 Å². The molecule has 0 heterocycles. The molecule has 1 fully saturated rings. The van der Waals surface area contributed by atoms with Gasteiger partial charge in [-0.1, -0.05) is 0 Å². The van der Waals surface area contributed by atoms with Crippen LogP contribution in [0.5, 0.6) is 0 Å². The lowest BCUT2D eigenvalue weighted by Crippen LogP contribution is -2.43. The van der Waals surface area contributed by atoms with Crippen LogP contribution in [0.15, 0.2) is 24.3 Å². The first-order valence-corrected chi connectivity index (χ1v) is 6.69. The SMILES string of the molecule is CN(C(=O)CN(CC(F)(F)F)C1CC1)c1ccc(N)cc1. The first kappa shape index (κ1) is 15.6. The van der Waals surface area contributed by atoms with Crippen LogP contribution in [-0.4, -0.2) is 43.2 Å². The van der Waals surface area contributed by atoms with Gasteiger partial charge in [-0.25, -0.2) is 0 Å². The minimum atomic E-state index is -4.29. The van der Waals surface area contributed by atoms with Crippen molar-refractivity contribution >= 4 is 17.3 Å². The lowest BCUT2D eigenvalue weighted by Gasteiger charge is -2.25. The van der Waals surface area contributed by atoms with Crippen LogP contribution < -0.4 is 10.6 Å². The van der Waals surface area contributed by atoms with E-state index < -0.39 is 12.7 Å². The number of benzene rings is 1. The molecule has 0 unspecified atom stereocenters. The van der Waals surface area contributed by atoms with Crippen molar-refractivity contribution in [1.82, 2.24) is 4.90 Å². The molecule has 0 aliphatic heterocycles. The van der Waals surface area contributed by atoms with Crippen molar-refractivity contribution in [1.29, 1.82) is 0 Å². The monoisotopic (exact) mass is 301 g/mol. The first-order chi connectivity index (χ1) is 9.76. The molecule has 116 valence electrons. The Morgan fingerprint density at radius 2 is 1.86 bits per heavy atom. The van der Waals surface area contributed by atoms with Crippen molar-refractivity contribution in [3.8, 4) is 0 Å². The molecule has 1 aromatic carbocycles. The largest absolute Gasteiger partial charge is 0.401 e. The van der Waals surface area contributed by atoms with Gasteiger partial charge in [0.1, 0.15) is 0 Å². The van der Waals surface area contributed by atoms with Gasteiger partial charge in [0.2, 0.25) is 5.91 Å². The third-order valence-electron chi connectivity index (χ3n) is 3.44. The summed E-state index contributed by atoms with van der Waals surface area (Å²) in [6.45, 7) is -1.27. The molecule has 0 saturated heterocycles. The molecule has 0 spiro atoms. The smallest absolute Gasteiger partial charge is 0.399 e. The van der Waals surface area contributed by atoms with Crippen molar-refractivity contribution in [2.75, 3.05) is 30.8 Å². The number of likely N-dealkylation sites (N-methyl/N-ethyl adjacent to an activating group) is 1. The highest BCUT2D eigenvalue weighted by Gasteiger charge is 2.39. The fraction of sp³-hybridized carbons (Fsp3) is 0.500. The van der Waals surface area contributed by atoms with Crippen LogP contribution in [0.25, 0.3) is 0 Å². The highest BCUT2D eigenvalue weighted by atomic mass is 19.4. The highest BCUT2D eigenvalue weighted by molar-refractivity contribution is 5.94. The molecule has 2 N–H and O–H groups in total. The van der Waals surface area contributed by atoms with Crippen molar-refractivity contribution < 1.29 is 18.0 Å². The van der Waals surface area contributed by atoms with Gasteiger partial charge in [0.15, 0.2) is 0 Å². The predicted molar refractivity (Wildman–Crippen MR) is 74.9 cm³/mol. The number of carbonyl (C=O) groups excluding carboxylic acids is 1. The van der Waals surface area contributed by atoms with Gasteiger partial charge < -0.3 is 10.6 Å². The van der Waals surface area contributed by atoms with E-state index in [0.717, 1.165) is 12.8 Å². The molecule has 1 saturated carbocycles. The molecule has 7 heteroatoms. The molecule has 21 heavy (non-hydrogen) atoms. The van der Waals surface area contributed by atoms with E-state index in [9.17, 15) is 18.0 Å². The molecule has 0 radical (unpaired) electrons. The van der Waals surface area contributed by atoms with Crippen LogP contribution in [0.2, 0.25) is 0 Å². The summed E-state index contributed by atoms with van der Waals surface area (Å²) in [7, 11) is 1.55. The van der Waals surface area contributed by atoms with E-state index in [4.69, 9.17) is 5.73 Å². The summed E-state index contributed by atoms with van der Waals surface area (Å²) in [6.07, 6.45) is -2.85. The number of hydrogen-bond acceptors (Lipinski definition) is 3. The third kappa shape index (κ3) is 4.63. The zero-order valence-electron chi connectivity index (χ0n) is 11.7. The van der Waals surface area contributed by atoms with Crippen molar-refractivity contribution in [2.24, 2.45) is 0 Å². The van der Waals surface area contributed by atoms with E-state index in [1.54, 1.807) is 31.3 Å². The van der Waals surface area contributed by atoms with Gasteiger partial charge in [0.05, 0.1) is 13.1 Å². The van der Waals surface area contributed by atoms with Crippen molar-refractivity contribution in [3.05, 3.63) is 24.3 Å². The third-order valence-corrected chi connectivity index (χ3v) is 3.44. The van der Waals surface area contributed by atoms with Gasteiger partial charge in [-0.2, -0.15) is 13.2 Å². The van der Waals surface area contributed by atoms with Crippen LogP contribution in [0.3, 0.4) is 0 Å². The van der Waals surface area contributed by atoms with E-state index in [1.807, 2.05) is 0 Å². The highest BCUT2D eigenvalue weighted by Crippen LogP contribution is 2.30. The fourth-order valence-corrected chi connectivity index (χ4v) is 2.11. The first-order valence-electron chi connectivity index (χ1n) is 6.69. The van der Waals surface area contributed by atoms with E-state index in [-0.39, 0.29) is 18.5 Å². The summed E-state index contributed by atoms with van der Waals surface area (Å²) in [5.41, 5.74) is 6.74. The number of nitrogens with zero attached hydrogens (tertiary/aromatic N) is 2. The standard InChI is InChI=1S/C14H18F3N3O/c1-19(11-4-2-10(18)3-5-11)13(21)8-20(12-6-7-12)9-14(15,16)17/h2-5,12H,6-9,18H2,1H3. The lowest BCUT2D eigenvalue weighted by atomic mass is 10.2. The average Bonchev–Trinajstić information content (AvgIpc) is 3.20. The number of anilines is 2. The van der Waals surface area contributed by atoms with Gasteiger partial charge in [0, 0.05) is 24.5 Å². The Morgan fingerprint density at radius 3 is 2.33 bits per heavy atom. The average molecular weight is 301 g/mol. The minimum Gasteiger partial charge on any atom is -0.399 e. The molecule has 2 rings (SSSR count). The van der Waals surface area contributed by atoms with E-state index in [1.165, 1.54) is 9.80 Å². The summed E-state index contributed by atoms with van der Waals surface area (Å²) in [4.78, 5) is 14.7. The van der Waals surface area contributed by atoms with E-state index in [0.29, 0.717) is 11.4 Å². The molecule has 0 atom stereocenters. The van der Waals surface area contributed by atoms with Crippen LogP contribution in [0.1, 0.15) is 12.8 Å². The number of nitrogen functional groups attached to an aromatic ring is 1. The minimum absolute atomic E-state index is 0.129. The Balaban J connectivity index is 1.99. The molecule has 1 aliphatic rings. The second-order valence-corrected chi connectivity index (χ2v) is 5.30. The summed E-state index contributed by atoms with van der Waals surface area (Å²) >= 11 is 0. The number of alkyl halides is 3. The van der Waals surface area contributed by atoms with Gasteiger partial charge in [0.25, 0.3) is 0 Å². The Labute approximate surface area is 121 Å². The van der Waals surface area contributed by atoms with Crippen molar-refractivity contribution in [2.45, 2.75) is 25.1 Å². The molecule has 0 bridgehead atoms. The number of nitrogens with two attached hydrogens (primary N) is 1. The van der Waals surface area contributed by atoms with Crippen LogP contribution in [0, 0.1) is 0 Å².